The predicted octanol–water partition coefficient (Wildman–Crippen LogP) is 3.42. The fourth-order valence-electron chi connectivity index (χ4n) is 2.55. The van der Waals surface area contributed by atoms with E-state index in [0.717, 1.165) is 42.4 Å². The first-order valence-corrected chi connectivity index (χ1v) is 7.46. The number of halogens is 2. The van der Waals surface area contributed by atoms with Crippen molar-refractivity contribution in [2.75, 3.05) is 19.6 Å². The molecule has 0 saturated carbocycles. The summed E-state index contributed by atoms with van der Waals surface area (Å²) in [5, 5.41) is 3.17. The molecule has 2 aromatic rings. The molecule has 3 heterocycles. The SMILES string of the molecule is CC1(CN)CCN(Cc2csc(-c3ccoc3)n2)C1.Cl.Cl. The molecular formula is C14H21Cl2N3OS. The Morgan fingerprint density at radius 1 is 1.48 bits per heavy atom. The Kier molecular flexibility index (Phi) is 6.69. The van der Waals surface area contributed by atoms with Crippen LogP contribution in [0.3, 0.4) is 0 Å². The van der Waals surface area contributed by atoms with Crippen molar-refractivity contribution in [2.24, 2.45) is 11.1 Å². The third-order valence-electron chi connectivity index (χ3n) is 3.84. The van der Waals surface area contributed by atoms with Gasteiger partial charge < -0.3 is 10.2 Å². The summed E-state index contributed by atoms with van der Waals surface area (Å²) in [5.41, 5.74) is 8.32. The van der Waals surface area contributed by atoms with Crippen molar-refractivity contribution >= 4 is 36.2 Å². The second kappa shape index (κ2) is 7.61. The minimum atomic E-state index is 0. The van der Waals surface area contributed by atoms with Crippen LogP contribution < -0.4 is 5.73 Å². The van der Waals surface area contributed by atoms with Gasteiger partial charge in [-0.1, -0.05) is 6.92 Å². The third kappa shape index (κ3) is 4.20. The number of likely N-dealkylation sites (tertiary alicyclic amines) is 1. The van der Waals surface area contributed by atoms with Gasteiger partial charge in [0.05, 0.1) is 12.0 Å². The second-order valence-electron chi connectivity index (χ2n) is 5.63. The zero-order chi connectivity index (χ0) is 13.3. The van der Waals surface area contributed by atoms with Crippen LogP contribution >= 0.6 is 36.2 Å². The maximum absolute atomic E-state index is 5.84. The van der Waals surface area contributed by atoms with Gasteiger partial charge in [-0.25, -0.2) is 4.98 Å². The highest BCUT2D eigenvalue weighted by Gasteiger charge is 2.32. The molecule has 1 aliphatic heterocycles. The van der Waals surface area contributed by atoms with E-state index in [1.165, 1.54) is 6.42 Å². The third-order valence-corrected chi connectivity index (χ3v) is 4.78. The first-order valence-electron chi connectivity index (χ1n) is 6.58. The zero-order valence-corrected chi connectivity index (χ0v) is 14.4. The molecule has 21 heavy (non-hydrogen) atoms. The van der Waals surface area contributed by atoms with Crippen molar-refractivity contribution in [2.45, 2.75) is 19.9 Å². The molecule has 0 amide bonds. The number of hydrogen-bond donors (Lipinski definition) is 1. The van der Waals surface area contributed by atoms with Crippen LogP contribution in [-0.4, -0.2) is 29.5 Å². The maximum atomic E-state index is 5.84. The molecule has 1 atom stereocenters. The Labute approximate surface area is 141 Å². The zero-order valence-electron chi connectivity index (χ0n) is 11.9. The van der Waals surface area contributed by atoms with Crippen molar-refractivity contribution in [1.82, 2.24) is 9.88 Å². The lowest BCUT2D eigenvalue weighted by atomic mass is 9.90. The van der Waals surface area contributed by atoms with Crippen LogP contribution in [0.25, 0.3) is 10.6 Å². The fourth-order valence-corrected chi connectivity index (χ4v) is 3.35. The second-order valence-corrected chi connectivity index (χ2v) is 6.49. The summed E-state index contributed by atoms with van der Waals surface area (Å²) in [4.78, 5) is 7.12. The lowest BCUT2D eigenvalue weighted by molar-refractivity contribution is 0.272. The Morgan fingerprint density at radius 3 is 2.90 bits per heavy atom. The van der Waals surface area contributed by atoms with Crippen LogP contribution in [0.2, 0.25) is 0 Å². The largest absolute Gasteiger partial charge is 0.472 e. The number of thiazole rings is 1. The molecule has 0 aliphatic carbocycles. The first kappa shape index (κ1) is 18.5. The molecule has 1 fully saturated rings. The van der Waals surface area contributed by atoms with Gasteiger partial charge in [-0.05, 0) is 31.0 Å². The van der Waals surface area contributed by atoms with E-state index in [-0.39, 0.29) is 30.2 Å². The van der Waals surface area contributed by atoms with E-state index in [9.17, 15) is 0 Å². The van der Waals surface area contributed by atoms with Crippen molar-refractivity contribution in [3.05, 3.63) is 29.7 Å². The molecule has 3 rings (SSSR count). The van der Waals surface area contributed by atoms with Crippen LogP contribution in [0, 0.1) is 5.41 Å². The smallest absolute Gasteiger partial charge is 0.126 e. The van der Waals surface area contributed by atoms with E-state index in [0.29, 0.717) is 0 Å². The average molecular weight is 350 g/mol. The lowest BCUT2D eigenvalue weighted by Gasteiger charge is -2.22. The van der Waals surface area contributed by atoms with Gasteiger partial charge in [0.15, 0.2) is 0 Å². The molecule has 2 N–H and O–H groups in total. The number of furan rings is 1. The van der Waals surface area contributed by atoms with Crippen LogP contribution in [0.5, 0.6) is 0 Å². The number of nitrogens with zero attached hydrogens (tertiary/aromatic N) is 2. The molecule has 0 aromatic carbocycles. The highest BCUT2D eigenvalue weighted by molar-refractivity contribution is 7.13. The van der Waals surface area contributed by atoms with Crippen molar-refractivity contribution in [1.29, 1.82) is 0 Å². The minimum Gasteiger partial charge on any atom is -0.472 e. The number of hydrogen-bond acceptors (Lipinski definition) is 5. The summed E-state index contributed by atoms with van der Waals surface area (Å²) in [7, 11) is 0. The summed E-state index contributed by atoms with van der Waals surface area (Å²) in [6.07, 6.45) is 4.61. The summed E-state index contributed by atoms with van der Waals surface area (Å²) < 4.78 is 5.10. The molecular weight excluding hydrogens is 329 g/mol. The monoisotopic (exact) mass is 349 g/mol. The molecule has 0 bridgehead atoms. The van der Waals surface area contributed by atoms with Gasteiger partial charge in [0.25, 0.3) is 0 Å². The van der Waals surface area contributed by atoms with Gasteiger partial charge in [-0.15, -0.1) is 36.2 Å². The van der Waals surface area contributed by atoms with Gasteiger partial charge in [0.2, 0.25) is 0 Å². The van der Waals surface area contributed by atoms with Gasteiger partial charge in [-0.2, -0.15) is 0 Å². The standard InChI is InChI=1S/C14H19N3OS.2ClH/c1-14(9-15)3-4-17(10-14)6-12-8-19-13(16-12)11-2-5-18-7-11;;/h2,5,7-8H,3-4,6,9-10,15H2,1H3;2*1H. The van der Waals surface area contributed by atoms with Crippen LogP contribution in [0.15, 0.2) is 28.4 Å². The lowest BCUT2D eigenvalue weighted by Crippen LogP contribution is -2.31. The van der Waals surface area contributed by atoms with Gasteiger partial charge in [-0.3, -0.25) is 4.90 Å². The molecule has 4 nitrogen and oxygen atoms in total. The molecule has 0 spiro atoms. The molecule has 2 aromatic heterocycles. The highest BCUT2D eigenvalue weighted by atomic mass is 35.5. The number of aromatic nitrogens is 1. The molecule has 1 unspecified atom stereocenters. The van der Waals surface area contributed by atoms with Crippen LogP contribution in [0.4, 0.5) is 0 Å². The molecule has 1 aliphatic rings. The number of rotatable bonds is 4. The highest BCUT2D eigenvalue weighted by Crippen LogP contribution is 2.30. The van der Waals surface area contributed by atoms with Gasteiger partial charge in [0, 0.05) is 24.0 Å². The Bertz CT molecular complexity index is 546. The van der Waals surface area contributed by atoms with Crippen molar-refractivity contribution < 1.29 is 4.42 Å². The summed E-state index contributed by atoms with van der Waals surface area (Å²) in [6, 6.07) is 1.95. The average Bonchev–Trinajstić information content (AvgIpc) is 3.11. The Hall–Kier alpha value is -0.590. The topological polar surface area (TPSA) is 55.3 Å². The first-order chi connectivity index (χ1) is 9.18. The molecule has 118 valence electrons. The van der Waals surface area contributed by atoms with E-state index >= 15 is 0 Å². The fraction of sp³-hybridized carbons (Fsp3) is 0.500. The van der Waals surface area contributed by atoms with Crippen molar-refractivity contribution in [3.8, 4) is 10.6 Å². The van der Waals surface area contributed by atoms with E-state index < -0.39 is 0 Å². The molecule has 7 heteroatoms. The maximum Gasteiger partial charge on any atom is 0.126 e. The summed E-state index contributed by atoms with van der Waals surface area (Å²) >= 11 is 1.67. The van der Waals surface area contributed by atoms with Crippen molar-refractivity contribution in [3.63, 3.8) is 0 Å². The van der Waals surface area contributed by atoms with Gasteiger partial charge in [0.1, 0.15) is 11.3 Å². The quantitative estimate of drug-likeness (QED) is 0.918. The minimum absolute atomic E-state index is 0. The van der Waals surface area contributed by atoms with E-state index in [2.05, 4.69) is 22.2 Å². The summed E-state index contributed by atoms with van der Waals surface area (Å²) in [6.45, 7) is 6.14. The van der Waals surface area contributed by atoms with E-state index in [1.54, 1.807) is 23.9 Å². The van der Waals surface area contributed by atoms with E-state index in [1.807, 2.05) is 6.07 Å². The van der Waals surface area contributed by atoms with E-state index in [4.69, 9.17) is 10.2 Å². The van der Waals surface area contributed by atoms with Crippen LogP contribution in [0.1, 0.15) is 19.0 Å². The Balaban J connectivity index is 0.00000110. The normalized spacial score (nSPS) is 21.8. The Morgan fingerprint density at radius 2 is 2.29 bits per heavy atom. The molecule has 1 saturated heterocycles. The number of nitrogens with two attached hydrogens (primary N) is 1. The predicted molar refractivity (Wildman–Crippen MR) is 91.4 cm³/mol. The van der Waals surface area contributed by atoms with Gasteiger partial charge >= 0.3 is 0 Å². The van der Waals surface area contributed by atoms with Crippen LogP contribution in [-0.2, 0) is 6.54 Å². The summed E-state index contributed by atoms with van der Waals surface area (Å²) in [5.74, 6) is 0. The molecule has 0 radical (unpaired) electrons.